The molecule has 0 aliphatic heterocycles. The third-order valence-corrected chi connectivity index (χ3v) is 5.53. The summed E-state index contributed by atoms with van der Waals surface area (Å²) in [5.74, 6) is -0.832. The smallest absolute Gasteiger partial charge is 0.254 e. The highest BCUT2D eigenvalue weighted by atomic mass is 32.2. The second-order valence-corrected chi connectivity index (χ2v) is 8.57. The lowest BCUT2D eigenvalue weighted by Crippen LogP contribution is -2.17. The summed E-state index contributed by atoms with van der Waals surface area (Å²) in [7, 11) is -2.49. The Hall–Kier alpha value is -3.46. The number of aryl methyl sites for hydroxylation is 3. The summed E-state index contributed by atoms with van der Waals surface area (Å²) in [5.41, 5.74) is 0.467. The van der Waals surface area contributed by atoms with E-state index in [1.807, 2.05) is 0 Å². The molecule has 3 aromatic rings. The molecular formula is C22H20F2N2O4S. The fourth-order valence-corrected chi connectivity index (χ4v) is 3.69. The van der Waals surface area contributed by atoms with Gasteiger partial charge >= 0.3 is 0 Å². The minimum absolute atomic E-state index is 0.0207. The Labute approximate surface area is 178 Å². The lowest BCUT2D eigenvalue weighted by Gasteiger charge is -2.19. The van der Waals surface area contributed by atoms with E-state index in [4.69, 9.17) is 4.74 Å². The Kier molecular flexibility index (Phi) is 5.99. The van der Waals surface area contributed by atoms with Crippen molar-refractivity contribution in [1.29, 1.82) is 0 Å². The molecule has 0 bridgehead atoms. The number of sulfonamides is 1. The molecule has 1 aromatic heterocycles. The van der Waals surface area contributed by atoms with Crippen molar-refractivity contribution in [3.8, 4) is 22.6 Å². The fourth-order valence-electron chi connectivity index (χ4n) is 3.13. The zero-order chi connectivity index (χ0) is 22.9. The summed E-state index contributed by atoms with van der Waals surface area (Å²) >= 11 is 0. The average Bonchev–Trinajstić information content (AvgIpc) is 2.68. The molecule has 3 rings (SSSR count). The third kappa shape index (κ3) is 4.66. The van der Waals surface area contributed by atoms with Gasteiger partial charge in [-0.15, -0.1) is 0 Å². The molecule has 0 saturated heterocycles. The van der Waals surface area contributed by atoms with Crippen LogP contribution >= 0.6 is 0 Å². The molecule has 1 heterocycles. The first kappa shape index (κ1) is 22.2. The fraction of sp³-hybridized carbons (Fsp3) is 0.136. The Balaban J connectivity index is 2.29. The predicted octanol–water partition coefficient (Wildman–Crippen LogP) is 4.62. The van der Waals surface area contributed by atoms with Crippen LogP contribution in [0.4, 0.5) is 14.5 Å². The molecule has 1 N–H and O–H groups in total. The summed E-state index contributed by atoms with van der Waals surface area (Å²) < 4.78 is 62.2. The number of nitrogens with one attached hydrogen (secondary N) is 1. The van der Waals surface area contributed by atoms with Crippen LogP contribution in [0.3, 0.4) is 0 Å². The van der Waals surface area contributed by atoms with Gasteiger partial charge in [-0.3, -0.25) is 9.52 Å². The number of rotatable bonds is 6. The van der Waals surface area contributed by atoms with Crippen LogP contribution in [0.5, 0.6) is 11.5 Å². The number of halogens is 2. The van der Waals surface area contributed by atoms with Crippen LogP contribution in [0.2, 0.25) is 0 Å². The van der Waals surface area contributed by atoms with Gasteiger partial charge in [-0.25, -0.2) is 17.2 Å². The summed E-state index contributed by atoms with van der Waals surface area (Å²) in [5, 5.41) is 0.718. The molecule has 0 fully saturated rings. The highest BCUT2D eigenvalue weighted by Crippen LogP contribution is 2.41. The summed E-state index contributed by atoms with van der Waals surface area (Å²) in [6, 6.07) is 7.85. The minimum Gasteiger partial charge on any atom is -0.456 e. The summed E-state index contributed by atoms with van der Waals surface area (Å²) in [6.07, 6.45) is 1.25. The normalized spacial score (nSPS) is 11.3. The van der Waals surface area contributed by atoms with Gasteiger partial charge in [-0.05, 0) is 49.2 Å². The Morgan fingerprint density at radius 2 is 1.77 bits per heavy atom. The van der Waals surface area contributed by atoms with E-state index in [0.717, 1.165) is 16.0 Å². The molecule has 0 radical (unpaired) electrons. The second-order valence-electron chi connectivity index (χ2n) is 6.95. The molecular weight excluding hydrogens is 426 g/mol. The van der Waals surface area contributed by atoms with E-state index in [1.165, 1.54) is 43.6 Å². The maximum atomic E-state index is 14.8. The topological polar surface area (TPSA) is 77.4 Å². The van der Waals surface area contributed by atoms with Crippen LogP contribution in [-0.2, 0) is 17.1 Å². The van der Waals surface area contributed by atoms with Crippen molar-refractivity contribution in [3.63, 3.8) is 0 Å². The molecule has 9 heteroatoms. The number of pyridine rings is 1. The van der Waals surface area contributed by atoms with Crippen molar-refractivity contribution in [2.45, 2.75) is 13.8 Å². The number of benzene rings is 2. The van der Waals surface area contributed by atoms with E-state index < -0.39 is 27.2 Å². The van der Waals surface area contributed by atoms with Gasteiger partial charge in [0.25, 0.3) is 15.6 Å². The second kappa shape index (κ2) is 8.35. The lowest BCUT2D eigenvalue weighted by molar-refractivity contribution is 0.474. The minimum atomic E-state index is -3.93. The van der Waals surface area contributed by atoms with E-state index in [2.05, 4.69) is 11.3 Å². The molecule has 2 aromatic carbocycles. The van der Waals surface area contributed by atoms with Crippen molar-refractivity contribution >= 4 is 15.7 Å². The Morgan fingerprint density at radius 3 is 2.39 bits per heavy atom. The quantitative estimate of drug-likeness (QED) is 0.599. The zero-order valence-electron chi connectivity index (χ0n) is 17.1. The predicted molar refractivity (Wildman–Crippen MR) is 116 cm³/mol. The van der Waals surface area contributed by atoms with Crippen molar-refractivity contribution in [1.82, 2.24) is 4.57 Å². The lowest BCUT2D eigenvalue weighted by atomic mass is 10.0. The van der Waals surface area contributed by atoms with Gasteiger partial charge in [0, 0.05) is 30.3 Å². The first-order chi connectivity index (χ1) is 14.5. The maximum Gasteiger partial charge on any atom is 0.254 e. The summed E-state index contributed by atoms with van der Waals surface area (Å²) in [4.78, 5) is 11.8. The molecule has 6 nitrogen and oxygen atoms in total. The number of ether oxygens (including phenoxy) is 1. The highest BCUT2D eigenvalue weighted by molar-refractivity contribution is 7.95. The molecule has 162 valence electrons. The van der Waals surface area contributed by atoms with Crippen LogP contribution in [0.1, 0.15) is 11.1 Å². The van der Waals surface area contributed by atoms with E-state index in [9.17, 15) is 22.0 Å². The highest BCUT2D eigenvalue weighted by Gasteiger charge is 2.21. The summed E-state index contributed by atoms with van der Waals surface area (Å²) in [6.45, 7) is 6.57. The molecule has 0 spiro atoms. The third-order valence-electron chi connectivity index (χ3n) is 4.58. The Bertz CT molecular complexity index is 1330. The number of anilines is 1. The van der Waals surface area contributed by atoms with Crippen molar-refractivity contribution < 1.29 is 21.9 Å². The van der Waals surface area contributed by atoms with E-state index >= 15 is 0 Å². The van der Waals surface area contributed by atoms with Gasteiger partial charge in [-0.1, -0.05) is 12.6 Å². The van der Waals surface area contributed by atoms with Gasteiger partial charge in [0.1, 0.15) is 23.1 Å². The van der Waals surface area contributed by atoms with Crippen LogP contribution < -0.4 is 15.0 Å². The van der Waals surface area contributed by atoms with Crippen molar-refractivity contribution in [2.75, 3.05) is 4.72 Å². The van der Waals surface area contributed by atoms with Crippen LogP contribution in [0, 0.1) is 25.5 Å². The van der Waals surface area contributed by atoms with E-state index in [-0.39, 0.29) is 22.6 Å². The first-order valence-corrected chi connectivity index (χ1v) is 10.7. The molecule has 0 unspecified atom stereocenters. The van der Waals surface area contributed by atoms with Crippen LogP contribution in [0.15, 0.2) is 59.4 Å². The maximum absolute atomic E-state index is 14.8. The van der Waals surface area contributed by atoms with Gasteiger partial charge in [0.15, 0.2) is 0 Å². The first-order valence-electron chi connectivity index (χ1n) is 9.12. The molecule has 0 aliphatic rings. The van der Waals surface area contributed by atoms with Crippen molar-refractivity contribution in [2.24, 2.45) is 7.05 Å². The largest absolute Gasteiger partial charge is 0.456 e. The van der Waals surface area contributed by atoms with Gasteiger partial charge in [-0.2, -0.15) is 0 Å². The van der Waals surface area contributed by atoms with Gasteiger partial charge < -0.3 is 9.30 Å². The molecule has 0 saturated carbocycles. The van der Waals surface area contributed by atoms with Crippen LogP contribution in [0.25, 0.3) is 11.1 Å². The molecule has 31 heavy (non-hydrogen) atoms. The standard InChI is InChI=1S/C22H20F2N2O4S/c1-5-31(28,29)25-18-7-6-8-19(30-22-13(2)9-15(23)10-14(22)3)21(18)16-12-26(4)20(27)11-17(16)24/h5-12,25H,1H2,2-4H3. The average molecular weight is 446 g/mol. The molecule has 0 atom stereocenters. The van der Waals surface area contributed by atoms with Crippen LogP contribution in [-0.4, -0.2) is 13.0 Å². The SMILES string of the molecule is C=CS(=O)(=O)Nc1cccc(Oc2c(C)cc(F)cc2C)c1-c1cn(C)c(=O)cc1F. The van der Waals surface area contributed by atoms with E-state index in [1.54, 1.807) is 13.8 Å². The molecule has 0 amide bonds. The molecule has 0 aliphatic carbocycles. The number of nitrogens with zero attached hydrogens (tertiary/aromatic N) is 1. The number of hydrogen-bond acceptors (Lipinski definition) is 4. The monoisotopic (exact) mass is 446 g/mol. The van der Waals surface area contributed by atoms with Crippen molar-refractivity contribution in [3.05, 3.63) is 87.7 Å². The number of hydrogen-bond donors (Lipinski definition) is 1. The van der Waals surface area contributed by atoms with Gasteiger partial charge in [0.2, 0.25) is 0 Å². The zero-order valence-corrected chi connectivity index (χ0v) is 17.9. The number of aromatic nitrogens is 1. The van der Waals surface area contributed by atoms with E-state index in [0.29, 0.717) is 16.9 Å². The van der Waals surface area contributed by atoms with Gasteiger partial charge in [0.05, 0.1) is 11.3 Å². The Morgan fingerprint density at radius 1 is 1.13 bits per heavy atom.